The number of benzene rings is 3. The number of rotatable bonds is 4. The molecule has 1 N–H and O–H groups in total. The van der Waals surface area contributed by atoms with Gasteiger partial charge in [0.2, 0.25) is 0 Å². The van der Waals surface area contributed by atoms with Crippen LogP contribution in [0.2, 0.25) is 0 Å². The van der Waals surface area contributed by atoms with Gasteiger partial charge in [-0.05, 0) is 48.2 Å². The monoisotopic (exact) mass is 395 g/mol. The molecule has 1 aliphatic carbocycles. The van der Waals surface area contributed by atoms with Crippen LogP contribution in [0.1, 0.15) is 41.4 Å². The summed E-state index contributed by atoms with van der Waals surface area (Å²) in [5, 5.41) is 0.500. The molecule has 5 nitrogen and oxygen atoms in total. The molecule has 1 aromatic heterocycles. The number of fused-ring (bicyclic) bond motifs is 1. The first-order chi connectivity index (χ1) is 14.7. The van der Waals surface area contributed by atoms with Crippen LogP contribution >= 0.6 is 0 Å². The highest BCUT2D eigenvalue weighted by Crippen LogP contribution is 2.35. The van der Waals surface area contributed by atoms with E-state index < -0.39 is 0 Å². The van der Waals surface area contributed by atoms with Gasteiger partial charge in [-0.2, -0.15) is 0 Å². The standard InChI is InChI=1S/C25H21N3O2/c29-24(20-15-13-18(14-16-20)17-7-2-1-3-8-17)27-28-23(19-9-6-10-19)26-22-12-5-4-11-21(22)25(28)30/h1-5,7-8,11-16,19H,6,9-10H2,(H,27,29). The Hall–Kier alpha value is -3.73. The SMILES string of the molecule is O=C(Nn1c(C2CCC2)nc2ccccc2c1=O)c1ccc(-c2ccccc2)cc1. The first kappa shape index (κ1) is 18.3. The van der Waals surface area contributed by atoms with Crippen LogP contribution in [0.15, 0.2) is 83.7 Å². The van der Waals surface area contributed by atoms with Crippen molar-refractivity contribution < 1.29 is 4.79 Å². The molecule has 1 fully saturated rings. The quantitative estimate of drug-likeness (QED) is 0.544. The number of aromatic nitrogens is 2. The van der Waals surface area contributed by atoms with Crippen LogP contribution in [0.25, 0.3) is 22.0 Å². The molecule has 0 atom stereocenters. The Bertz CT molecular complexity index is 1270. The van der Waals surface area contributed by atoms with Crippen LogP contribution < -0.4 is 11.0 Å². The number of nitrogens with zero attached hydrogens (tertiary/aromatic N) is 2. The summed E-state index contributed by atoms with van der Waals surface area (Å²) in [6.07, 6.45) is 3.07. The highest BCUT2D eigenvalue weighted by Gasteiger charge is 2.26. The average molecular weight is 395 g/mol. The van der Waals surface area contributed by atoms with E-state index in [1.807, 2.05) is 60.7 Å². The van der Waals surface area contributed by atoms with E-state index in [-0.39, 0.29) is 17.4 Å². The van der Waals surface area contributed by atoms with Crippen LogP contribution in [0.4, 0.5) is 0 Å². The lowest BCUT2D eigenvalue weighted by Crippen LogP contribution is -2.38. The maximum Gasteiger partial charge on any atom is 0.280 e. The van der Waals surface area contributed by atoms with Crippen molar-refractivity contribution in [2.75, 3.05) is 5.43 Å². The molecule has 4 aromatic rings. The summed E-state index contributed by atoms with van der Waals surface area (Å²) in [7, 11) is 0. The second-order valence-corrected chi connectivity index (χ2v) is 7.64. The molecular weight excluding hydrogens is 374 g/mol. The van der Waals surface area contributed by atoms with Crippen molar-refractivity contribution >= 4 is 16.8 Å². The Labute approximate surface area is 174 Å². The molecule has 5 rings (SSSR count). The van der Waals surface area contributed by atoms with Gasteiger partial charge in [0.15, 0.2) is 0 Å². The first-order valence-corrected chi connectivity index (χ1v) is 10.2. The third-order valence-electron chi connectivity index (χ3n) is 5.74. The van der Waals surface area contributed by atoms with Crippen LogP contribution in [0, 0.1) is 0 Å². The lowest BCUT2D eigenvalue weighted by atomic mass is 9.84. The minimum atomic E-state index is -0.325. The second-order valence-electron chi connectivity index (χ2n) is 7.64. The summed E-state index contributed by atoms with van der Waals surface area (Å²) in [6, 6.07) is 24.6. The minimum Gasteiger partial charge on any atom is -0.267 e. The van der Waals surface area contributed by atoms with Crippen LogP contribution in [-0.2, 0) is 0 Å². The molecule has 5 heteroatoms. The van der Waals surface area contributed by atoms with E-state index in [9.17, 15) is 9.59 Å². The van der Waals surface area contributed by atoms with E-state index >= 15 is 0 Å². The maximum atomic E-state index is 13.1. The number of carbonyl (C=O) groups excluding carboxylic acids is 1. The van der Waals surface area contributed by atoms with Gasteiger partial charge >= 0.3 is 0 Å². The van der Waals surface area contributed by atoms with Crippen molar-refractivity contribution in [2.45, 2.75) is 25.2 Å². The highest BCUT2D eigenvalue weighted by molar-refractivity contribution is 6.00. The molecule has 0 unspecified atom stereocenters. The Kier molecular flexibility index (Phi) is 4.64. The Morgan fingerprint density at radius 2 is 1.53 bits per heavy atom. The highest BCUT2D eigenvalue weighted by atomic mass is 16.2. The Balaban J connectivity index is 1.48. The number of carbonyl (C=O) groups is 1. The molecule has 30 heavy (non-hydrogen) atoms. The minimum absolute atomic E-state index is 0.197. The smallest absolute Gasteiger partial charge is 0.267 e. The third-order valence-corrected chi connectivity index (χ3v) is 5.74. The maximum absolute atomic E-state index is 13.1. The third kappa shape index (κ3) is 3.28. The first-order valence-electron chi connectivity index (χ1n) is 10.2. The zero-order valence-corrected chi connectivity index (χ0v) is 16.4. The van der Waals surface area contributed by atoms with E-state index in [1.54, 1.807) is 18.2 Å². The van der Waals surface area contributed by atoms with Gasteiger partial charge in [0.05, 0.1) is 10.9 Å². The molecule has 1 saturated carbocycles. The van der Waals surface area contributed by atoms with Crippen molar-refractivity contribution in [1.82, 2.24) is 9.66 Å². The molecule has 148 valence electrons. The molecule has 1 heterocycles. The largest absolute Gasteiger partial charge is 0.280 e. The van der Waals surface area contributed by atoms with Crippen LogP contribution in [0.5, 0.6) is 0 Å². The lowest BCUT2D eigenvalue weighted by molar-refractivity contribution is 0.100. The average Bonchev–Trinajstić information content (AvgIpc) is 2.76. The Morgan fingerprint density at radius 1 is 0.867 bits per heavy atom. The Morgan fingerprint density at radius 3 is 2.23 bits per heavy atom. The fourth-order valence-corrected chi connectivity index (χ4v) is 3.81. The zero-order valence-electron chi connectivity index (χ0n) is 16.4. The van der Waals surface area contributed by atoms with Gasteiger partial charge in [-0.15, -0.1) is 0 Å². The summed E-state index contributed by atoms with van der Waals surface area (Å²) in [6.45, 7) is 0. The number of hydrogen-bond donors (Lipinski definition) is 1. The van der Waals surface area contributed by atoms with Crippen molar-refractivity contribution in [3.05, 3.63) is 101 Å². The van der Waals surface area contributed by atoms with Crippen molar-refractivity contribution in [3.8, 4) is 11.1 Å². The summed E-state index contributed by atoms with van der Waals surface area (Å²) in [4.78, 5) is 30.7. The van der Waals surface area contributed by atoms with E-state index in [0.717, 1.165) is 30.4 Å². The van der Waals surface area contributed by atoms with Gasteiger partial charge in [0.1, 0.15) is 5.82 Å². The lowest BCUT2D eigenvalue weighted by Gasteiger charge is -2.27. The molecule has 3 aromatic carbocycles. The van der Waals surface area contributed by atoms with Crippen LogP contribution in [-0.4, -0.2) is 15.6 Å². The van der Waals surface area contributed by atoms with Crippen LogP contribution in [0.3, 0.4) is 0 Å². The molecule has 1 amide bonds. The van der Waals surface area contributed by atoms with Gasteiger partial charge in [-0.1, -0.05) is 61.0 Å². The molecule has 0 radical (unpaired) electrons. The predicted molar refractivity (Wildman–Crippen MR) is 118 cm³/mol. The number of hydrogen-bond acceptors (Lipinski definition) is 3. The fraction of sp³-hybridized carbons (Fsp3) is 0.160. The summed E-state index contributed by atoms with van der Waals surface area (Å²) in [5.41, 5.74) is 5.85. The zero-order chi connectivity index (χ0) is 20.5. The topological polar surface area (TPSA) is 64.0 Å². The van der Waals surface area contributed by atoms with E-state index in [1.165, 1.54) is 4.68 Å². The van der Waals surface area contributed by atoms with E-state index in [0.29, 0.717) is 22.3 Å². The predicted octanol–water partition coefficient (Wildman–Crippen LogP) is 4.71. The summed E-state index contributed by atoms with van der Waals surface area (Å²) in [5.74, 6) is 0.511. The number of nitrogens with one attached hydrogen (secondary N) is 1. The van der Waals surface area contributed by atoms with Crippen molar-refractivity contribution in [1.29, 1.82) is 0 Å². The molecular formula is C25H21N3O2. The van der Waals surface area contributed by atoms with Gasteiger partial charge < -0.3 is 0 Å². The molecule has 0 spiro atoms. The van der Waals surface area contributed by atoms with Gasteiger partial charge in [-0.3, -0.25) is 15.0 Å². The summed E-state index contributed by atoms with van der Waals surface area (Å²) < 4.78 is 1.35. The molecule has 0 aliphatic heterocycles. The van der Waals surface area contributed by atoms with Crippen molar-refractivity contribution in [3.63, 3.8) is 0 Å². The van der Waals surface area contributed by atoms with Crippen molar-refractivity contribution in [2.24, 2.45) is 0 Å². The van der Waals surface area contributed by atoms with Gasteiger partial charge in [0.25, 0.3) is 11.5 Å². The summed E-state index contributed by atoms with van der Waals surface area (Å²) >= 11 is 0. The molecule has 0 bridgehead atoms. The fourth-order valence-electron chi connectivity index (χ4n) is 3.81. The van der Waals surface area contributed by atoms with E-state index in [4.69, 9.17) is 4.98 Å². The number of amides is 1. The molecule has 0 saturated heterocycles. The second kappa shape index (κ2) is 7.59. The van der Waals surface area contributed by atoms with Gasteiger partial charge in [0, 0.05) is 11.5 Å². The number of para-hydroxylation sites is 1. The van der Waals surface area contributed by atoms with E-state index in [2.05, 4.69) is 5.43 Å². The normalized spacial score (nSPS) is 13.7. The van der Waals surface area contributed by atoms with Gasteiger partial charge in [-0.25, -0.2) is 9.66 Å². The molecule has 1 aliphatic rings.